The molecule has 0 unspecified atom stereocenters. The van der Waals surface area contributed by atoms with Crippen LogP contribution in [0.3, 0.4) is 0 Å². The van der Waals surface area contributed by atoms with Gasteiger partial charge in [-0.2, -0.15) is 0 Å². The Kier molecular flexibility index (Phi) is 6.37. The van der Waals surface area contributed by atoms with Crippen molar-refractivity contribution in [3.63, 3.8) is 0 Å². The lowest BCUT2D eigenvalue weighted by molar-refractivity contribution is 0.847. The fourth-order valence-electron chi connectivity index (χ4n) is 0.879. The maximum atomic E-state index is 8.02. The summed E-state index contributed by atoms with van der Waals surface area (Å²) in [5, 5.41) is 3.47. The van der Waals surface area contributed by atoms with Crippen LogP contribution in [-0.2, 0) is 0 Å². The molecule has 0 aromatic carbocycles. The van der Waals surface area contributed by atoms with Gasteiger partial charge in [-0.15, -0.1) is 0 Å². The van der Waals surface area contributed by atoms with Gasteiger partial charge in [0.05, 0.1) is 0 Å². The van der Waals surface area contributed by atoms with E-state index in [1.807, 2.05) is 0 Å². The molecule has 13 heavy (non-hydrogen) atoms. The van der Waals surface area contributed by atoms with E-state index < -0.39 is 8.07 Å². The second kappa shape index (κ2) is 6.75. The first-order valence-electron chi connectivity index (χ1n) is 4.72. The number of allylic oxidation sites excluding steroid dienone is 2. The number of nitrogens with zero attached hydrogens (tertiary/aromatic N) is 3. The Morgan fingerprint density at radius 3 is 2.54 bits per heavy atom. The molecule has 0 aromatic rings. The van der Waals surface area contributed by atoms with Gasteiger partial charge in [-0.05, 0) is 24.4 Å². The Morgan fingerprint density at radius 1 is 1.31 bits per heavy atom. The summed E-state index contributed by atoms with van der Waals surface area (Å²) in [7, 11) is -0.901. The Balaban J connectivity index is 3.37. The molecule has 0 aliphatic heterocycles. The third-order valence-electron chi connectivity index (χ3n) is 1.59. The number of rotatable bonds is 6. The van der Waals surface area contributed by atoms with Crippen LogP contribution in [0.5, 0.6) is 0 Å². The Hall–Kier alpha value is -0.733. The average Bonchev–Trinajstić information content (AvgIpc) is 2.01. The molecule has 0 N–H and O–H groups in total. The van der Waals surface area contributed by atoms with Crippen LogP contribution in [0.1, 0.15) is 12.8 Å². The van der Waals surface area contributed by atoms with E-state index in [-0.39, 0.29) is 0 Å². The summed E-state index contributed by atoms with van der Waals surface area (Å²) in [5.74, 6) is 0. The van der Waals surface area contributed by atoms with Gasteiger partial charge in [-0.25, -0.2) is 0 Å². The summed E-state index contributed by atoms with van der Waals surface area (Å²) in [6.45, 7) is 7.69. The minimum absolute atomic E-state index is 0.619. The fraction of sp³-hybridized carbons (Fsp3) is 0.778. The van der Waals surface area contributed by atoms with Gasteiger partial charge in [0.2, 0.25) is 0 Å². The van der Waals surface area contributed by atoms with Gasteiger partial charge >= 0.3 is 0 Å². The molecule has 4 heteroatoms. The Morgan fingerprint density at radius 2 is 2.00 bits per heavy atom. The minimum Gasteiger partial charge on any atom is -0.0940 e. The molecule has 0 aliphatic carbocycles. The van der Waals surface area contributed by atoms with E-state index >= 15 is 0 Å². The molecule has 3 nitrogen and oxygen atoms in total. The molecular weight excluding hydrogens is 178 g/mol. The molecule has 0 radical (unpaired) electrons. The second-order valence-electron chi connectivity index (χ2n) is 4.33. The first-order valence-corrected chi connectivity index (χ1v) is 8.43. The van der Waals surface area contributed by atoms with E-state index in [4.69, 9.17) is 5.53 Å². The van der Waals surface area contributed by atoms with Crippen molar-refractivity contribution in [1.29, 1.82) is 0 Å². The minimum atomic E-state index is -0.901. The van der Waals surface area contributed by atoms with Crippen LogP contribution in [0.15, 0.2) is 17.3 Å². The highest BCUT2D eigenvalue weighted by Gasteiger charge is 2.08. The van der Waals surface area contributed by atoms with Crippen LogP contribution in [-0.4, -0.2) is 14.6 Å². The van der Waals surface area contributed by atoms with E-state index in [2.05, 4.69) is 41.8 Å². The summed E-state index contributed by atoms with van der Waals surface area (Å²) < 4.78 is 0. The van der Waals surface area contributed by atoms with Crippen LogP contribution in [0.4, 0.5) is 0 Å². The van der Waals surface area contributed by atoms with Gasteiger partial charge in [0.1, 0.15) is 0 Å². The largest absolute Gasteiger partial charge is 0.0940 e. The van der Waals surface area contributed by atoms with Gasteiger partial charge in [0.15, 0.2) is 0 Å². The van der Waals surface area contributed by atoms with Gasteiger partial charge in [0, 0.05) is 19.5 Å². The van der Waals surface area contributed by atoms with Crippen molar-refractivity contribution < 1.29 is 0 Å². The van der Waals surface area contributed by atoms with Crippen molar-refractivity contribution in [1.82, 2.24) is 0 Å². The molecule has 0 bridgehead atoms. The lowest BCUT2D eigenvalue weighted by atomic mass is 10.3. The summed E-state index contributed by atoms with van der Waals surface area (Å²) in [5.41, 5.74) is 8.02. The third kappa shape index (κ3) is 11.3. The van der Waals surface area contributed by atoms with Gasteiger partial charge in [-0.1, -0.05) is 36.9 Å². The van der Waals surface area contributed by atoms with Crippen LogP contribution < -0.4 is 0 Å². The van der Waals surface area contributed by atoms with Crippen molar-refractivity contribution in [2.45, 2.75) is 38.5 Å². The molecular formula is C9H19N3Si. The molecule has 0 rings (SSSR count). The van der Waals surface area contributed by atoms with Crippen LogP contribution in [0.2, 0.25) is 25.7 Å². The average molecular weight is 197 g/mol. The molecule has 0 heterocycles. The molecule has 74 valence electrons. The summed E-state index contributed by atoms with van der Waals surface area (Å²) in [4.78, 5) is 2.70. The maximum Gasteiger partial charge on any atom is 0.0480 e. The van der Waals surface area contributed by atoms with Crippen molar-refractivity contribution in [2.24, 2.45) is 5.11 Å². The number of hydrogen-bond acceptors (Lipinski definition) is 1. The van der Waals surface area contributed by atoms with Crippen LogP contribution in [0, 0.1) is 0 Å². The number of unbranched alkanes of at least 4 members (excludes halogenated alkanes) is 1. The predicted molar refractivity (Wildman–Crippen MR) is 60.5 cm³/mol. The lowest BCUT2D eigenvalue weighted by Gasteiger charge is -2.11. The zero-order valence-electron chi connectivity index (χ0n) is 8.82. The van der Waals surface area contributed by atoms with E-state index in [0.29, 0.717) is 6.54 Å². The topological polar surface area (TPSA) is 48.8 Å². The van der Waals surface area contributed by atoms with Crippen molar-refractivity contribution in [3.8, 4) is 0 Å². The quantitative estimate of drug-likeness (QED) is 0.154. The molecule has 0 atom stereocenters. The van der Waals surface area contributed by atoms with Gasteiger partial charge in [-0.3, -0.25) is 0 Å². The molecule has 0 amide bonds. The SMILES string of the molecule is C[Si](C)(C)CC=CCCCN=[N+]=[N-]. The second-order valence-corrected chi connectivity index (χ2v) is 9.86. The van der Waals surface area contributed by atoms with Gasteiger partial charge < -0.3 is 0 Å². The van der Waals surface area contributed by atoms with Crippen molar-refractivity contribution in [3.05, 3.63) is 22.6 Å². The smallest absolute Gasteiger partial charge is 0.0480 e. The molecule has 0 aromatic heterocycles. The Bertz CT molecular complexity index is 199. The zero-order valence-corrected chi connectivity index (χ0v) is 9.82. The van der Waals surface area contributed by atoms with E-state index in [9.17, 15) is 0 Å². The molecule has 0 aliphatic rings. The molecule has 0 saturated heterocycles. The van der Waals surface area contributed by atoms with Gasteiger partial charge in [0.25, 0.3) is 0 Å². The lowest BCUT2D eigenvalue weighted by Crippen LogP contribution is -2.17. The highest BCUT2D eigenvalue weighted by molar-refractivity contribution is 6.76. The first-order chi connectivity index (χ1) is 6.06. The van der Waals surface area contributed by atoms with E-state index in [1.165, 1.54) is 6.04 Å². The summed E-state index contributed by atoms with van der Waals surface area (Å²) in [6.07, 6.45) is 6.46. The van der Waals surface area contributed by atoms with E-state index in [1.54, 1.807) is 0 Å². The van der Waals surface area contributed by atoms with Crippen LogP contribution in [0.25, 0.3) is 10.4 Å². The van der Waals surface area contributed by atoms with E-state index in [0.717, 1.165) is 12.8 Å². The Labute approximate surface area is 81.5 Å². The highest BCUT2D eigenvalue weighted by atomic mass is 28.3. The first kappa shape index (κ1) is 12.3. The third-order valence-corrected chi connectivity index (χ3v) is 3.05. The van der Waals surface area contributed by atoms with Crippen molar-refractivity contribution >= 4 is 8.07 Å². The normalized spacial score (nSPS) is 11.6. The fourth-order valence-corrected chi connectivity index (χ4v) is 1.75. The highest BCUT2D eigenvalue weighted by Crippen LogP contribution is 2.08. The molecule has 0 saturated carbocycles. The monoisotopic (exact) mass is 197 g/mol. The standard InChI is InChI=1S/C9H19N3Si/c1-13(2,3)9-7-5-4-6-8-11-12-10/h5,7H,4,6,8-9H2,1-3H3. The number of hydrogen-bond donors (Lipinski definition) is 0. The predicted octanol–water partition coefficient (Wildman–Crippen LogP) is 3.97. The van der Waals surface area contributed by atoms with Crippen LogP contribution >= 0.6 is 0 Å². The number of azide groups is 1. The zero-order chi connectivity index (χ0) is 10.2. The maximum absolute atomic E-state index is 8.02. The molecule has 0 fully saturated rings. The van der Waals surface area contributed by atoms with Crippen molar-refractivity contribution in [2.75, 3.05) is 6.54 Å². The molecule has 0 spiro atoms. The summed E-state index contributed by atoms with van der Waals surface area (Å²) in [6, 6.07) is 1.24. The summed E-state index contributed by atoms with van der Waals surface area (Å²) >= 11 is 0.